The van der Waals surface area contributed by atoms with E-state index in [1.165, 1.54) is 18.2 Å². The number of nitro benzene ring substituents is 1. The molecule has 1 heterocycles. The summed E-state index contributed by atoms with van der Waals surface area (Å²) in [5.74, 6) is -1.30. The third kappa shape index (κ3) is 5.81. The molecule has 0 aliphatic rings. The van der Waals surface area contributed by atoms with E-state index in [-0.39, 0.29) is 11.3 Å². The molecule has 4 rings (SSSR count). The van der Waals surface area contributed by atoms with Gasteiger partial charge in [0.2, 0.25) is 6.10 Å². The summed E-state index contributed by atoms with van der Waals surface area (Å²) in [5.41, 5.74) is 1.63. The van der Waals surface area contributed by atoms with Crippen molar-refractivity contribution in [3.05, 3.63) is 115 Å². The Balaban J connectivity index is 1.55. The van der Waals surface area contributed by atoms with Gasteiger partial charge in [-0.1, -0.05) is 30.3 Å². The monoisotopic (exact) mass is 598 g/mol. The Bertz CT molecular complexity index is 1390. The largest absolute Gasteiger partial charge is 0.444 e. The van der Waals surface area contributed by atoms with Gasteiger partial charge >= 0.3 is 5.97 Å². The van der Waals surface area contributed by atoms with Crippen molar-refractivity contribution >= 4 is 55.1 Å². The van der Waals surface area contributed by atoms with Crippen molar-refractivity contribution < 1.29 is 19.2 Å². The molecule has 0 spiro atoms. The molecule has 0 aliphatic carbocycles. The summed E-state index contributed by atoms with van der Waals surface area (Å²) < 4.78 is 8.38. The second-order valence-electron chi connectivity index (χ2n) is 7.26. The van der Waals surface area contributed by atoms with Crippen molar-refractivity contribution in [1.29, 1.82) is 0 Å². The van der Waals surface area contributed by atoms with Crippen molar-refractivity contribution in [1.82, 2.24) is 9.78 Å². The van der Waals surface area contributed by atoms with Crippen LogP contribution in [-0.4, -0.2) is 26.6 Å². The van der Waals surface area contributed by atoms with E-state index in [1.54, 1.807) is 71.7 Å². The summed E-state index contributed by atoms with van der Waals surface area (Å²) in [4.78, 5) is 36.5. The zero-order chi connectivity index (χ0) is 24.9. The predicted octanol–water partition coefficient (Wildman–Crippen LogP) is 5.84. The van der Waals surface area contributed by atoms with Crippen LogP contribution in [-0.2, 0) is 9.53 Å². The summed E-state index contributed by atoms with van der Waals surface area (Å²) in [6.45, 7) is 0. The lowest BCUT2D eigenvalue weighted by molar-refractivity contribution is -0.384. The average Bonchev–Trinajstić information content (AvgIpc) is 3.30. The molecule has 0 saturated carbocycles. The molecule has 176 valence electrons. The second-order valence-corrected chi connectivity index (χ2v) is 9.03. The van der Waals surface area contributed by atoms with Crippen LogP contribution in [0.3, 0.4) is 0 Å². The lowest BCUT2D eigenvalue weighted by Crippen LogP contribution is -2.26. The van der Waals surface area contributed by atoms with Crippen molar-refractivity contribution in [2.45, 2.75) is 6.10 Å². The number of amides is 1. The zero-order valence-corrected chi connectivity index (χ0v) is 21.0. The third-order valence-corrected chi connectivity index (χ3v) is 5.97. The molecule has 1 aromatic heterocycles. The number of halogens is 2. The molecule has 0 saturated heterocycles. The quantitative estimate of drug-likeness (QED) is 0.162. The molecule has 11 heteroatoms. The van der Waals surface area contributed by atoms with Crippen LogP contribution in [0, 0.1) is 10.1 Å². The molecule has 1 amide bonds. The molecule has 0 radical (unpaired) electrons. The number of carbonyl (C=O) groups excluding carboxylic acids is 2. The Morgan fingerprint density at radius 3 is 2.34 bits per heavy atom. The maximum atomic E-state index is 13.1. The van der Waals surface area contributed by atoms with Crippen molar-refractivity contribution in [2.24, 2.45) is 0 Å². The summed E-state index contributed by atoms with van der Waals surface area (Å²) in [6, 6.07) is 19.1. The summed E-state index contributed by atoms with van der Waals surface area (Å²) in [7, 11) is 0. The number of anilines is 1. The number of nitro groups is 1. The first-order valence-corrected chi connectivity index (χ1v) is 11.7. The van der Waals surface area contributed by atoms with Gasteiger partial charge in [-0.15, -0.1) is 0 Å². The van der Waals surface area contributed by atoms with Gasteiger partial charge in [0.25, 0.3) is 11.6 Å². The first kappa shape index (κ1) is 24.3. The highest BCUT2D eigenvalue weighted by molar-refractivity contribution is 9.10. The number of non-ortho nitro benzene ring substituents is 1. The van der Waals surface area contributed by atoms with E-state index >= 15 is 0 Å². The topological polar surface area (TPSA) is 116 Å². The molecule has 0 aliphatic heterocycles. The summed E-state index contributed by atoms with van der Waals surface area (Å²) in [6.07, 6.45) is 2.17. The fourth-order valence-electron chi connectivity index (χ4n) is 3.19. The van der Waals surface area contributed by atoms with E-state index in [2.05, 4.69) is 42.3 Å². The predicted molar refractivity (Wildman–Crippen MR) is 135 cm³/mol. The number of esters is 1. The lowest BCUT2D eigenvalue weighted by Gasteiger charge is -2.18. The summed E-state index contributed by atoms with van der Waals surface area (Å²) >= 11 is 6.57. The number of nitrogens with one attached hydrogen (secondary N) is 1. The highest BCUT2D eigenvalue weighted by Crippen LogP contribution is 2.29. The molecule has 4 aromatic rings. The van der Waals surface area contributed by atoms with Gasteiger partial charge in [-0.2, -0.15) is 5.10 Å². The Hall–Kier alpha value is -3.83. The maximum absolute atomic E-state index is 13.1. The normalized spacial score (nSPS) is 11.5. The number of nitrogens with zero attached hydrogens (tertiary/aromatic N) is 3. The molecule has 3 aromatic carbocycles. The van der Waals surface area contributed by atoms with Crippen molar-refractivity contribution in [2.75, 3.05) is 5.32 Å². The summed E-state index contributed by atoms with van der Waals surface area (Å²) in [5, 5.41) is 17.8. The number of hydrogen-bond donors (Lipinski definition) is 1. The molecule has 1 unspecified atom stereocenters. The van der Waals surface area contributed by atoms with E-state index < -0.39 is 22.9 Å². The smallest absolute Gasteiger partial charge is 0.339 e. The Morgan fingerprint density at radius 1 is 1.03 bits per heavy atom. The molecule has 9 nitrogen and oxygen atoms in total. The number of ether oxygens (including phenoxy) is 1. The number of benzene rings is 3. The van der Waals surface area contributed by atoms with Gasteiger partial charge in [-0.3, -0.25) is 14.9 Å². The highest BCUT2D eigenvalue weighted by atomic mass is 79.9. The number of hydrogen-bond acceptors (Lipinski definition) is 6. The standard InChI is InChI=1S/C24H16Br2N4O5/c25-17-13-27-29(14-17)18-8-6-16(7-9-18)24(32)35-22(15-4-2-1-3-5-15)23(31)28-21-11-10-19(30(33)34)12-20(21)26/h1-14,22H,(H,28,31). The van der Waals surface area contributed by atoms with Crippen LogP contribution >= 0.6 is 31.9 Å². The van der Waals surface area contributed by atoms with Crippen LogP contribution in [0.4, 0.5) is 11.4 Å². The van der Waals surface area contributed by atoms with Gasteiger partial charge in [-0.25, -0.2) is 9.48 Å². The van der Waals surface area contributed by atoms with E-state index in [1.807, 2.05) is 0 Å². The second kappa shape index (κ2) is 10.6. The fourth-order valence-corrected chi connectivity index (χ4v) is 3.94. The zero-order valence-electron chi connectivity index (χ0n) is 17.8. The Kier molecular flexibility index (Phi) is 7.37. The minimum absolute atomic E-state index is 0.133. The molecular formula is C24H16Br2N4O5. The lowest BCUT2D eigenvalue weighted by atomic mass is 10.1. The van der Waals surface area contributed by atoms with Crippen LogP contribution < -0.4 is 5.32 Å². The van der Waals surface area contributed by atoms with Crippen molar-refractivity contribution in [3.63, 3.8) is 0 Å². The molecular weight excluding hydrogens is 584 g/mol. The van der Waals surface area contributed by atoms with Gasteiger partial charge in [0.05, 0.1) is 32.5 Å². The molecule has 0 bridgehead atoms. The average molecular weight is 600 g/mol. The van der Waals surface area contributed by atoms with E-state index in [0.29, 0.717) is 15.7 Å². The molecule has 0 fully saturated rings. The highest BCUT2D eigenvalue weighted by Gasteiger charge is 2.26. The first-order valence-electron chi connectivity index (χ1n) is 10.1. The van der Waals surface area contributed by atoms with Crippen LogP contribution in [0.5, 0.6) is 0 Å². The molecule has 1 N–H and O–H groups in total. The minimum atomic E-state index is -1.26. The van der Waals surface area contributed by atoms with Crippen LogP contribution in [0.2, 0.25) is 0 Å². The molecule has 35 heavy (non-hydrogen) atoms. The third-order valence-electron chi connectivity index (χ3n) is 4.91. The molecule has 1 atom stereocenters. The van der Waals surface area contributed by atoms with Gasteiger partial charge < -0.3 is 10.1 Å². The first-order chi connectivity index (χ1) is 16.8. The number of aromatic nitrogens is 2. The van der Waals surface area contributed by atoms with Crippen molar-refractivity contribution in [3.8, 4) is 5.69 Å². The van der Waals surface area contributed by atoms with Gasteiger partial charge in [-0.05, 0) is 62.2 Å². The van der Waals surface area contributed by atoms with Crippen LogP contribution in [0.1, 0.15) is 22.0 Å². The fraction of sp³-hybridized carbons (Fsp3) is 0.0417. The minimum Gasteiger partial charge on any atom is -0.444 e. The SMILES string of the molecule is O=C(OC(C(=O)Nc1ccc([N+](=O)[O-])cc1Br)c1ccccc1)c1ccc(-n2cc(Br)cn2)cc1. The van der Waals surface area contributed by atoms with E-state index in [4.69, 9.17) is 4.74 Å². The number of rotatable bonds is 7. The maximum Gasteiger partial charge on any atom is 0.339 e. The van der Waals surface area contributed by atoms with Gasteiger partial charge in [0.1, 0.15) is 0 Å². The van der Waals surface area contributed by atoms with E-state index in [9.17, 15) is 19.7 Å². The van der Waals surface area contributed by atoms with Crippen LogP contribution in [0.25, 0.3) is 5.69 Å². The number of carbonyl (C=O) groups is 2. The van der Waals surface area contributed by atoms with E-state index in [0.717, 1.165) is 10.2 Å². The van der Waals surface area contributed by atoms with Crippen LogP contribution in [0.15, 0.2) is 94.1 Å². The van der Waals surface area contributed by atoms with Gasteiger partial charge in [0.15, 0.2) is 0 Å². The van der Waals surface area contributed by atoms with Gasteiger partial charge in [0, 0.05) is 28.4 Å². The Labute approximate surface area is 216 Å². The Morgan fingerprint density at radius 2 is 1.74 bits per heavy atom.